The van der Waals surface area contributed by atoms with Crippen LogP contribution in [0.5, 0.6) is 0 Å². The molecule has 0 aromatic rings. The van der Waals surface area contributed by atoms with Crippen LogP contribution in [-0.4, -0.2) is 47.4 Å². The molecule has 0 aromatic heterocycles. The Morgan fingerprint density at radius 2 is 0.797 bits per heavy atom. The van der Waals surface area contributed by atoms with Gasteiger partial charge in [0.25, 0.3) is 0 Å². The highest BCUT2D eigenvalue weighted by Crippen LogP contribution is 2.16. The normalized spacial score (nSPS) is 12.8. The van der Waals surface area contributed by atoms with E-state index in [9.17, 15) is 19.8 Å². The van der Waals surface area contributed by atoms with Gasteiger partial charge in [-0.15, -0.1) is 0 Å². The number of allylic oxidation sites excluding steroid dienone is 3. The van der Waals surface area contributed by atoms with Gasteiger partial charge in [0.2, 0.25) is 5.91 Å². The molecule has 0 spiro atoms. The zero-order chi connectivity index (χ0) is 43.0. The lowest BCUT2D eigenvalue weighted by Gasteiger charge is -2.20. The summed E-state index contributed by atoms with van der Waals surface area (Å²) in [6.45, 7) is 4.85. The zero-order valence-corrected chi connectivity index (χ0v) is 39.5. The number of carbonyl (C=O) groups is 2. The molecule has 0 aliphatic heterocycles. The van der Waals surface area contributed by atoms with E-state index in [1.165, 1.54) is 193 Å². The maximum Gasteiger partial charge on any atom is 0.305 e. The molecule has 1 amide bonds. The number of nitrogens with one attached hydrogen (secondary N) is 1. The second-order valence-electron chi connectivity index (χ2n) is 17.9. The summed E-state index contributed by atoms with van der Waals surface area (Å²) in [6.07, 6.45) is 57.4. The lowest BCUT2D eigenvalue weighted by Crippen LogP contribution is -2.45. The molecule has 0 aromatic carbocycles. The average Bonchev–Trinajstić information content (AvgIpc) is 3.24. The smallest absolute Gasteiger partial charge is 0.305 e. The Kier molecular flexibility index (Phi) is 47.6. The molecule has 0 fully saturated rings. The topological polar surface area (TPSA) is 95.9 Å². The summed E-state index contributed by atoms with van der Waals surface area (Å²) in [5, 5.41) is 23.1. The summed E-state index contributed by atoms with van der Waals surface area (Å²) < 4.78 is 5.45. The molecule has 0 saturated carbocycles. The van der Waals surface area contributed by atoms with Crippen molar-refractivity contribution in [1.29, 1.82) is 0 Å². The summed E-state index contributed by atoms with van der Waals surface area (Å²) in [7, 11) is 0. The van der Waals surface area contributed by atoms with Crippen LogP contribution in [-0.2, 0) is 14.3 Å². The number of rotatable bonds is 48. The van der Waals surface area contributed by atoms with Crippen LogP contribution < -0.4 is 5.32 Å². The van der Waals surface area contributed by atoms with Crippen molar-refractivity contribution in [3.63, 3.8) is 0 Å². The number of hydrogen-bond acceptors (Lipinski definition) is 5. The molecule has 2 atom stereocenters. The number of unbranched alkanes of at least 4 members (excludes halogenated alkanes) is 35. The molecule has 59 heavy (non-hydrogen) atoms. The van der Waals surface area contributed by atoms with Crippen molar-refractivity contribution in [3.8, 4) is 0 Å². The minimum absolute atomic E-state index is 0.0234. The standard InChI is InChI=1S/C53H101NO5/c1-3-5-7-9-11-13-15-17-19-21-22-25-29-33-37-41-45-51(56)50(49-55)54-52(57)46-42-38-34-30-26-24-28-32-36-40-44-48-59-53(58)47-43-39-35-31-27-23-20-18-16-14-12-10-8-6-4-2/h18,20,41,45,50-51,55-56H,3-17,19,21-40,42-44,46-49H2,1-2H3,(H,54,57)/b20-18-,45-41+. The average molecular weight is 832 g/mol. The second-order valence-corrected chi connectivity index (χ2v) is 17.9. The summed E-state index contributed by atoms with van der Waals surface area (Å²) >= 11 is 0. The monoisotopic (exact) mass is 832 g/mol. The summed E-state index contributed by atoms with van der Waals surface area (Å²) in [5.74, 6) is -0.110. The van der Waals surface area contributed by atoms with E-state index >= 15 is 0 Å². The van der Waals surface area contributed by atoms with E-state index in [4.69, 9.17) is 4.74 Å². The molecule has 0 aliphatic carbocycles. The predicted octanol–water partition coefficient (Wildman–Crippen LogP) is 15.5. The fraction of sp³-hybridized carbons (Fsp3) is 0.887. The van der Waals surface area contributed by atoms with Crippen LogP contribution in [0.4, 0.5) is 0 Å². The van der Waals surface area contributed by atoms with Gasteiger partial charge in [-0.1, -0.05) is 231 Å². The molecule has 0 rings (SSSR count). The maximum absolute atomic E-state index is 12.4. The Morgan fingerprint density at radius 1 is 0.458 bits per heavy atom. The lowest BCUT2D eigenvalue weighted by atomic mass is 10.0. The van der Waals surface area contributed by atoms with Gasteiger partial charge in [-0.25, -0.2) is 0 Å². The van der Waals surface area contributed by atoms with Gasteiger partial charge in [-0.2, -0.15) is 0 Å². The third-order valence-electron chi connectivity index (χ3n) is 12.0. The largest absolute Gasteiger partial charge is 0.466 e. The minimum Gasteiger partial charge on any atom is -0.466 e. The summed E-state index contributed by atoms with van der Waals surface area (Å²) in [4.78, 5) is 24.5. The van der Waals surface area contributed by atoms with Crippen LogP contribution in [0.2, 0.25) is 0 Å². The molecule has 0 radical (unpaired) electrons. The molecular formula is C53H101NO5. The predicted molar refractivity (Wildman–Crippen MR) is 255 cm³/mol. The number of aliphatic hydroxyl groups is 2. The van der Waals surface area contributed by atoms with E-state index in [1.807, 2.05) is 6.08 Å². The van der Waals surface area contributed by atoms with Crippen LogP contribution >= 0.6 is 0 Å². The molecule has 6 nitrogen and oxygen atoms in total. The Balaban J connectivity index is 3.51. The number of esters is 1. The molecule has 348 valence electrons. The lowest BCUT2D eigenvalue weighted by molar-refractivity contribution is -0.143. The SMILES string of the molecule is CCCCCCCC/C=C\CCCCCCCC(=O)OCCCCCCCCCCCCCC(=O)NC(CO)C(O)/C=C/CCCCCCCCCCCCCCCC. The van der Waals surface area contributed by atoms with Gasteiger partial charge in [0, 0.05) is 12.8 Å². The quantitative estimate of drug-likeness (QED) is 0.0322. The van der Waals surface area contributed by atoms with Crippen LogP contribution in [0, 0.1) is 0 Å². The molecule has 6 heteroatoms. The first-order valence-corrected chi connectivity index (χ1v) is 26.1. The van der Waals surface area contributed by atoms with Gasteiger partial charge in [0.15, 0.2) is 0 Å². The third-order valence-corrected chi connectivity index (χ3v) is 12.0. The van der Waals surface area contributed by atoms with Crippen molar-refractivity contribution >= 4 is 11.9 Å². The molecule has 0 saturated heterocycles. The van der Waals surface area contributed by atoms with E-state index in [-0.39, 0.29) is 18.5 Å². The van der Waals surface area contributed by atoms with E-state index in [2.05, 4.69) is 31.3 Å². The highest BCUT2D eigenvalue weighted by molar-refractivity contribution is 5.76. The first-order valence-electron chi connectivity index (χ1n) is 26.1. The van der Waals surface area contributed by atoms with E-state index in [0.29, 0.717) is 19.4 Å². The van der Waals surface area contributed by atoms with E-state index in [1.54, 1.807) is 6.08 Å². The molecule has 3 N–H and O–H groups in total. The fourth-order valence-electron chi connectivity index (χ4n) is 7.92. The summed E-state index contributed by atoms with van der Waals surface area (Å²) in [6, 6.07) is -0.642. The van der Waals surface area contributed by atoms with Gasteiger partial charge in [0.05, 0.1) is 25.4 Å². The molecule has 0 bridgehead atoms. The van der Waals surface area contributed by atoms with Gasteiger partial charge in [-0.3, -0.25) is 9.59 Å². The Morgan fingerprint density at radius 3 is 1.20 bits per heavy atom. The Bertz CT molecular complexity index is 920. The number of hydrogen-bond donors (Lipinski definition) is 3. The molecular weight excluding hydrogens is 731 g/mol. The molecule has 0 heterocycles. The van der Waals surface area contributed by atoms with Crippen molar-refractivity contribution in [3.05, 3.63) is 24.3 Å². The minimum atomic E-state index is -0.856. The number of ether oxygens (including phenoxy) is 1. The van der Waals surface area contributed by atoms with E-state index < -0.39 is 12.1 Å². The number of carbonyl (C=O) groups excluding carboxylic acids is 2. The van der Waals surface area contributed by atoms with Crippen molar-refractivity contribution in [2.75, 3.05) is 13.2 Å². The Labute approximate surface area is 367 Å². The first-order chi connectivity index (χ1) is 29.0. The zero-order valence-electron chi connectivity index (χ0n) is 39.5. The third kappa shape index (κ3) is 45.7. The number of aliphatic hydroxyl groups excluding tert-OH is 2. The second kappa shape index (κ2) is 49.0. The van der Waals surface area contributed by atoms with Crippen molar-refractivity contribution in [1.82, 2.24) is 5.32 Å². The highest BCUT2D eigenvalue weighted by Gasteiger charge is 2.18. The van der Waals surface area contributed by atoms with E-state index in [0.717, 1.165) is 57.8 Å². The first kappa shape index (κ1) is 57.3. The fourth-order valence-corrected chi connectivity index (χ4v) is 7.92. The van der Waals surface area contributed by atoms with Crippen LogP contribution in [0.25, 0.3) is 0 Å². The number of amides is 1. The molecule has 0 aliphatic rings. The van der Waals surface area contributed by atoms with Crippen molar-refractivity contribution in [2.45, 2.75) is 289 Å². The van der Waals surface area contributed by atoms with Crippen molar-refractivity contribution < 1.29 is 24.5 Å². The highest BCUT2D eigenvalue weighted by atomic mass is 16.5. The van der Waals surface area contributed by atoms with Gasteiger partial charge in [0.1, 0.15) is 0 Å². The maximum atomic E-state index is 12.4. The van der Waals surface area contributed by atoms with Crippen LogP contribution in [0.15, 0.2) is 24.3 Å². The van der Waals surface area contributed by atoms with Gasteiger partial charge < -0.3 is 20.3 Å². The van der Waals surface area contributed by atoms with Crippen molar-refractivity contribution in [2.24, 2.45) is 0 Å². The van der Waals surface area contributed by atoms with Crippen LogP contribution in [0.1, 0.15) is 277 Å². The molecule has 2 unspecified atom stereocenters. The summed E-state index contributed by atoms with van der Waals surface area (Å²) in [5.41, 5.74) is 0. The van der Waals surface area contributed by atoms with Crippen LogP contribution in [0.3, 0.4) is 0 Å². The van der Waals surface area contributed by atoms with Gasteiger partial charge >= 0.3 is 5.97 Å². The van der Waals surface area contributed by atoms with Gasteiger partial charge in [-0.05, 0) is 57.8 Å². The Hall–Kier alpha value is -1.66.